The number of thiophene rings is 1. The molecule has 1 aromatic heterocycles. The van der Waals surface area contributed by atoms with Crippen LogP contribution in [0.15, 0.2) is 6.07 Å². The van der Waals surface area contributed by atoms with Gasteiger partial charge >= 0.3 is 18.2 Å². The first-order valence-corrected chi connectivity index (χ1v) is 7.13. The van der Waals surface area contributed by atoms with Crippen LogP contribution in [0, 0.1) is 0 Å². The number of alkyl halides is 3. The highest BCUT2D eigenvalue weighted by atomic mass is 32.1. The van der Waals surface area contributed by atoms with Crippen LogP contribution in [0.4, 0.5) is 23.7 Å². The first-order chi connectivity index (χ1) is 10.3. The molecule has 0 aliphatic heterocycles. The second-order valence-corrected chi connectivity index (χ2v) is 6.54. The normalized spacial score (nSPS) is 13.4. The molecule has 1 heterocycles. The molecule has 6 nitrogen and oxygen atoms in total. The number of hydrogen-bond donors (Lipinski definition) is 2. The molecule has 0 bridgehead atoms. The Kier molecular flexibility index (Phi) is 5.65. The first-order valence-electron chi connectivity index (χ1n) is 6.32. The molecule has 1 amide bonds. The average molecular weight is 355 g/mol. The molecular weight excluding hydrogens is 339 g/mol. The van der Waals surface area contributed by atoms with Crippen molar-refractivity contribution in [3.05, 3.63) is 15.8 Å². The van der Waals surface area contributed by atoms with E-state index in [1.54, 1.807) is 20.8 Å². The van der Waals surface area contributed by atoms with E-state index in [1.807, 2.05) is 0 Å². The molecule has 0 aromatic carbocycles. The van der Waals surface area contributed by atoms with Crippen molar-refractivity contribution in [3.8, 4) is 0 Å². The van der Waals surface area contributed by atoms with Crippen molar-refractivity contribution in [2.24, 2.45) is 0 Å². The van der Waals surface area contributed by atoms with Gasteiger partial charge < -0.3 is 14.6 Å². The number of methoxy groups -OCH3 is 1. The lowest BCUT2D eigenvalue weighted by Gasteiger charge is -2.19. The number of carbonyl (C=O) groups is 2. The van der Waals surface area contributed by atoms with Crippen LogP contribution in [0.5, 0.6) is 0 Å². The van der Waals surface area contributed by atoms with Crippen LogP contribution in [0.1, 0.15) is 41.4 Å². The van der Waals surface area contributed by atoms with Crippen molar-refractivity contribution in [2.45, 2.75) is 38.7 Å². The summed E-state index contributed by atoms with van der Waals surface area (Å²) in [7, 11) is 1.04. The Hall–Kier alpha value is -1.81. The van der Waals surface area contributed by atoms with Crippen molar-refractivity contribution in [1.82, 2.24) is 0 Å². The number of aliphatic hydroxyl groups is 1. The van der Waals surface area contributed by atoms with Gasteiger partial charge in [0, 0.05) is 4.88 Å². The fraction of sp³-hybridized carbons (Fsp3) is 0.538. The third-order valence-corrected chi connectivity index (χ3v) is 3.50. The average Bonchev–Trinajstić information content (AvgIpc) is 2.77. The summed E-state index contributed by atoms with van der Waals surface area (Å²) in [5.74, 6) is -0.943. The standard InChI is InChI=1S/C13H16F3NO5S/c1-12(2,3)22-11(20)17-6-5-7(9(18)13(14,15)16)23-8(6)10(19)21-4/h5,9,18H,1-4H3,(H,17,20). The van der Waals surface area contributed by atoms with Crippen molar-refractivity contribution in [1.29, 1.82) is 0 Å². The van der Waals surface area contributed by atoms with E-state index in [1.165, 1.54) is 0 Å². The Labute approximate surface area is 134 Å². The maximum Gasteiger partial charge on any atom is 0.419 e. The van der Waals surface area contributed by atoms with Crippen molar-refractivity contribution < 1.29 is 37.3 Å². The lowest BCUT2D eigenvalue weighted by molar-refractivity contribution is -0.205. The van der Waals surface area contributed by atoms with Gasteiger partial charge in [0.1, 0.15) is 10.5 Å². The SMILES string of the molecule is COC(=O)c1sc(C(O)C(F)(F)F)cc1NC(=O)OC(C)(C)C. The van der Waals surface area contributed by atoms with E-state index in [2.05, 4.69) is 10.1 Å². The van der Waals surface area contributed by atoms with Crippen molar-refractivity contribution >= 4 is 29.1 Å². The van der Waals surface area contributed by atoms with Crippen LogP contribution in [-0.2, 0) is 9.47 Å². The van der Waals surface area contributed by atoms with Gasteiger partial charge in [-0.15, -0.1) is 11.3 Å². The summed E-state index contributed by atoms with van der Waals surface area (Å²) in [6.07, 6.45) is -8.62. The molecular formula is C13H16F3NO5S. The van der Waals surface area contributed by atoms with Gasteiger partial charge in [-0.2, -0.15) is 13.2 Å². The van der Waals surface area contributed by atoms with Crippen molar-refractivity contribution in [3.63, 3.8) is 0 Å². The largest absolute Gasteiger partial charge is 0.465 e. The van der Waals surface area contributed by atoms with E-state index >= 15 is 0 Å². The number of esters is 1. The Morgan fingerprint density at radius 1 is 1.30 bits per heavy atom. The minimum absolute atomic E-state index is 0.227. The number of nitrogens with one attached hydrogen (secondary N) is 1. The van der Waals surface area contributed by atoms with E-state index in [0.717, 1.165) is 13.2 Å². The van der Waals surface area contributed by atoms with Crippen LogP contribution in [0.25, 0.3) is 0 Å². The molecule has 0 saturated carbocycles. The smallest absolute Gasteiger partial charge is 0.419 e. The van der Waals surface area contributed by atoms with E-state index in [-0.39, 0.29) is 10.6 Å². The predicted molar refractivity (Wildman–Crippen MR) is 76.5 cm³/mol. The third-order valence-electron chi connectivity index (χ3n) is 2.34. The van der Waals surface area contributed by atoms with Crippen molar-refractivity contribution in [2.75, 3.05) is 12.4 Å². The summed E-state index contributed by atoms with van der Waals surface area (Å²) in [6.45, 7) is 4.79. The molecule has 23 heavy (non-hydrogen) atoms. The molecule has 0 aliphatic carbocycles. The number of anilines is 1. The summed E-state index contributed by atoms with van der Waals surface area (Å²) in [4.78, 5) is 22.5. The summed E-state index contributed by atoms with van der Waals surface area (Å²) in [5.41, 5.74) is -1.06. The van der Waals surface area contributed by atoms with E-state index in [4.69, 9.17) is 4.74 Å². The van der Waals surface area contributed by atoms with Crippen LogP contribution >= 0.6 is 11.3 Å². The zero-order chi connectivity index (χ0) is 18.0. The highest BCUT2D eigenvalue weighted by molar-refractivity contribution is 7.14. The maximum atomic E-state index is 12.6. The second-order valence-electron chi connectivity index (χ2n) is 5.45. The molecule has 0 saturated heterocycles. The van der Waals surface area contributed by atoms with Crippen LogP contribution < -0.4 is 5.32 Å². The fourth-order valence-corrected chi connectivity index (χ4v) is 2.50. The molecule has 0 spiro atoms. The fourth-order valence-electron chi connectivity index (χ4n) is 1.46. The van der Waals surface area contributed by atoms with Crippen LogP contribution in [0.2, 0.25) is 0 Å². The summed E-state index contributed by atoms with van der Waals surface area (Å²) >= 11 is 0.372. The minimum Gasteiger partial charge on any atom is -0.465 e. The van der Waals surface area contributed by atoms with Gasteiger partial charge in [-0.3, -0.25) is 5.32 Å². The highest BCUT2D eigenvalue weighted by Gasteiger charge is 2.41. The number of rotatable bonds is 3. The highest BCUT2D eigenvalue weighted by Crippen LogP contribution is 2.39. The Bertz CT molecular complexity index is 591. The Morgan fingerprint density at radius 3 is 2.30 bits per heavy atom. The number of ether oxygens (including phenoxy) is 2. The van der Waals surface area contributed by atoms with Gasteiger partial charge in [0.2, 0.25) is 0 Å². The zero-order valence-corrected chi connectivity index (χ0v) is 13.6. The molecule has 10 heteroatoms. The second kappa shape index (κ2) is 6.75. The molecule has 0 radical (unpaired) electrons. The summed E-state index contributed by atoms with van der Waals surface area (Å²) in [5, 5.41) is 11.4. The molecule has 130 valence electrons. The summed E-state index contributed by atoms with van der Waals surface area (Å²) in [6, 6.07) is 0.860. The van der Waals surface area contributed by atoms with Gasteiger partial charge in [-0.05, 0) is 26.8 Å². The molecule has 1 rings (SSSR count). The van der Waals surface area contributed by atoms with Gasteiger partial charge in [-0.25, -0.2) is 9.59 Å². The van der Waals surface area contributed by atoms with E-state index in [0.29, 0.717) is 11.3 Å². The van der Waals surface area contributed by atoms with Gasteiger partial charge in [0.25, 0.3) is 0 Å². The third kappa shape index (κ3) is 5.39. The summed E-state index contributed by atoms with van der Waals surface area (Å²) < 4.78 is 47.1. The van der Waals surface area contributed by atoms with Crippen LogP contribution in [-0.4, -0.2) is 36.1 Å². The van der Waals surface area contributed by atoms with E-state index in [9.17, 15) is 27.9 Å². The Balaban J connectivity index is 3.12. The quantitative estimate of drug-likeness (QED) is 0.811. The molecule has 1 unspecified atom stereocenters. The number of aliphatic hydroxyl groups excluding tert-OH is 1. The van der Waals surface area contributed by atoms with Gasteiger partial charge in [0.15, 0.2) is 6.10 Å². The zero-order valence-electron chi connectivity index (χ0n) is 12.8. The number of halogens is 3. The van der Waals surface area contributed by atoms with Crippen LogP contribution in [0.3, 0.4) is 0 Å². The number of amides is 1. The number of hydrogen-bond acceptors (Lipinski definition) is 6. The molecule has 0 fully saturated rings. The molecule has 2 N–H and O–H groups in total. The Morgan fingerprint density at radius 2 is 1.87 bits per heavy atom. The van der Waals surface area contributed by atoms with Gasteiger partial charge in [-0.1, -0.05) is 0 Å². The monoisotopic (exact) mass is 355 g/mol. The number of carbonyl (C=O) groups excluding carboxylic acids is 2. The minimum atomic E-state index is -4.90. The predicted octanol–water partition coefficient (Wildman–Crippen LogP) is 3.48. The maximum absolute atomic E-state index is 12.6. The molecule has 1 aromatic rings. The topological polar surface area (TPSA) is 84.9 Å². The first kappa shape index (κ1) is 19.2. The lowest BCUT2D eigenvalue weighted by Crippen LogP contribution is -2.27. The molecule has 1 atom stereocenters. The lowest BCUT2D eigenvalue weighted by atomic mass is 10.2. The van der Waals surface area contributed by atoms with Gasteiger partial charge in [0.05, 0.1) is 12.8 Å². The van der Waals surface area contributed by atoms with E-state index < -0.39 is 34.8 Å². The molecule has 0 aliphatic rings.